The van der Waals surface area contributed by atoms with Crippen molar-refractivity contribution < 1.29 is 14.9 Å². The zero-order chi connectivity index (χ0) is 11.9. The van der Waals surface area contributed by atoms with Gasteiger partial charge in [0.1, 0.15) is 22.6 Å². The molecule has 0 fully saturated rings. The summed E-state index contributed by atoms with van der Waals surface area (Å²) in [5, 5.41) is 19.6. The molecule has 2 rings (SSSR count). The molecule has 0 aliphatic carbocycles. The van der Waals surface area contributed by atoms with E-state index in [-0.39, 0.29) is 23.4 Å². The summed E-state index contributed by atoms with van der Waals surface area (Å²) in [5.74, 6) is 0.368. The van der Waals surface area contributed by atoms with E-state index in [1.165, 1.54) is 0 Å². The number of phenols is 1. The highest BCUT2D eigenvalue weighted by Crippen LogP contribution is 2.44. The van der Waals surface area contributed by atoms with Gasteiger partial charge in [-0.15, -0.1) is 0 Å². The molecule has 1 aromatic rings. The number of phenolic OH excluding ortho intramolecular Hbond substituents is 1. The molecule has 16 heavy (non-hydrogen) atoms. The summed E-state index contributed by atoms with van der Waals surface area (Å²) in [6.07, 6.45) is -0.143. The zero-order valence-corrected chi connectivity index (χ0v) is 9.66. The molecule has 0 spiro atoms. The molecule has 5 heteroatoms. The van der Waals surface area contributed by atoms with Crippen molar-refractivity contribution >= 4 is 11.6 Å². The Morgan fingerprint density at radius 3 is 3.00 bits per heavy atom. The normalized spacial score (nSPS) is 20.4. The second-order valence-electron chi connectivity index (χ2n) is 4.00. The molecule has 2 unspecified atom stereocenters. The second kappa shape index (κ2) is 4.13. The van der Waals surface area contributed by atoms with Crippen molar-refractivity contribution in [1.29, 1.82) is 0 Å². The maximum absolute atomic E-state index is 9.82. The van der Waals surface area contributed by atoms with Crippen molar-refractivity contribution in [3.05, 3.63) is 22.2 Å². The monoisotopic (exact) mass is 243 g/mol. The fourth-order valence-corrected chi connectivity index (χ4v) is 2.18. The number of aliphatic hydroxyl groups excluding tert-OH is 1. The highest BCUT2D eigenvalue weighted by atomic mass is 35.5. The molecule has 0 saturated carbocycles. The van der Waals surface area contributed by atoms with Crippen LogP contribution in [0.1, 0.15) is 24.2 Å². The first-order valence-corrected chi connectivity index (χ1v) is 5.51. The van der Waals surface area contributed by atoms with Crippen LogP contribution in [0.2, 0.25) is 5.02 Å². The Morgan fingerprint density at radius 1 is 1.69 bits per heavy atom. The third-order valence-electron chi connectivity index (χ3n) is 2.71. The van der Waals surface area contributed by atoms with E-state index in [1.807, 2.05) is 6.92 Å². The zero-order valence-electron chi connectivity index (χ0n) is 8.90. The van der Waals surface area contributed by atoms with Crippen LogP contribution in [-0.4, -0.2) is 22.9 Å². The van der Waals surface area contributed by atoms with Gasteiger partial charge in [-0.2, -0.15) is 0 Å². The third kappa shape index (κ3) is 1.73. The number of hydrogen-bond donors (Lipinski definition) is 3. The van der Waals surface area contributed by atoms with Gasteiger partial charge in [0.15, 0.2) is 0 Å². The second-order valence-corrected chi connectivity index (χ2v) is 4.38. The average molecular weight is 244 g/mol. The third-order valence-corrected chi connectivity index (χ3v) is 3.06. The summed E-state index contributed by atoms with van der Waals surface area (Å²) in [7, 11) is 0. The summed E-state index contributed by atoms with van der Waals surface area (Å²) >= 11 is 5.98. The topological polar surface area (TPSA) is 75.7 Å². The summed E-state index contributed by atoms with van der Waals surface area (Å²) in [6.45, 7) is 1.96. The van der Waals surface area contributed by atoms with E-state index in [1.54, 1.807) is 6.07 Å². The van der Waals surface area contributed by atoms with E-state index in [2.05, 4.69) is 0 Å². The molecule has 1 heterocycles. The quantitative estimate of drug-likeness (QED) is 0.733. The molecule has 0 radical (unpaired) electrons. The first-order chi connectivity index (χ1) is 7.54. The van der Waals surface area contributed by atoms with Gasteiger partial charge in [-0.3, -0.25) is 0 Å². The van der Waals surface area contributed by atoms with Crippen molar-refractivity contribution in [2.24, 2.45) is 5.73 Å². The van der Waals surface area contributed by atoms with Crippen LogP contribution in [-0.2, 0) is 6.42 Å². The van der Waals surface area contributed by atoms with Crippen LogP contribution in [0.25, 0.3) is 0 Å². The van der Waals surface area contributed by atoms with Crippen molar-refractivity contribution in [2.75, 3.05) is 6.54 Å². The largest absolute Gasteiger partial charge is 0.506 e. The lowest BCUT2D eigenvalue weighted by molar-refractivity contribution is 0.182. The van der Waals surface area contributed by atoms with Gasteiger partial charge >= 0.3 is 0 Å². The predicted octanol–water partition coefficient (Wildman–Crippen LogP) is 1.36. The van der Waals surface area contributed by atoms with Gasteiger partial charge in [0.2, 0.25) is 0 Å². The molecule has 1 aliphatic heterocycles. The smallest absolute Gasteiger partial charge is 0.145 e. The lowest BCUT2D eigenvalue weighted by Crippen LogP contribution is -2.12. The highest BCUT2D eigenvalue weighted by Gasteiger charge is 2.27. The lowest BCUT2D eigenvalue weighted by atomic mass is 10.0. The molecular formula is C11H14ClNO3. The summed E-state index contributed by atoms with van der Waals surface area (Å²) in [4.78, 5) is 0. The highest BCUT2D eigenvalue weighted by molar-refractivity contribution is 6.33. The Labute approximate surface area is 98.6 Å². The number of nitrogens with two attached hydrogens (primary N) is 1. The maximum Gasteiger partial charge on any atom is 0.145 e. The predicted molar refractivity (Wildman–Crippen MR) is 60.9 cm³/mol. The number of halogens is 1. The molecule has 1 aliphatic rings. The minimum Gasteiger partial charge on any atom is -0.506 e. The van der Waals surface area contributed by atoms with Gasteiger partial charge in [0.05, 0.1) is 6.10 Å². The molecule has 0 amide bonds. The van der Waals surface area contributed by atoms with Crippen LogP contribution >= 0.6 is 11.6 Å². The summed E-state index contributed by atoms with van der Waals surface area (Å²) in [5.41, 5.74) is 6.63. The number of rotatable bonds is 2. The molecule has 2 atom stereocenters. The van der Waals surface area contributed by atoms with Gasteiger partial charge in [-0.25, -0.2) is 0 Å². The Balaban J connectivity index is 2.52. The SMILES string of the molecule is CC1Cc2cc(C(O)CN)c(O)c(Cl)c2O1. The van der Waals surface area contributed by atoms with Gasteiger partial charge in [-0.05, 0) is 13.0 Å². The number of ether oxygens (including phenoxy) is 1. The lowest BCUT2D eigenvalue weighted by Gasteiger charge is -2.14. The molecule has 88 valence electrons. The molecular weight excluding hydrogens is 230 g/mol. The van der Waals surface area contributed by atoms with E-state index < -0.39 is 6.10 Å². The maximum atomic E-state index is 9.82. The number of hydrogen-bond acceptors (Lipinski definition) is 4. The van der Waals surface area contributed by atoms with Crippen molar-refractivity contribution in [3.8, 4) is 11.5 Å². The van der Waals surface area contributed by atoms with E-state index in [0.717, 1.165) is 12.0 Å². The fraction of sp³-hybridized carbons (Fsp3) is 0.455. The number of aliphatic hydroxyl groups is 1. The van der Waals surface area contributed by atoms with Crippen LogP contribution in [0.4, 0.5) is 0 Å². The van der Waals surface area contributed by atoms with Crippen LogP contribution in [0.15, 0.2) is 6.07 Å². The molecule has 4 nitrogen and oxygen atoms in total. The van der Waals surface area contributed by atoms with Gasteiger partial charge in [-0.1, -0.05) is 11.6 Å². The Morgan fingerprint density at radius 2 is 2.38 bits per heavy atom. The van der Waals surface area contributed by atoms with Crippen LogP contribution in [0.5, 0.6) is 11.5 Å². The van der Waals surface area contributed by atoms with Crippen molar-refractivity contribution in [2.45, 2.75) is 25.6 Å². The van der Waals surface area contributed by atoms with Crippen molar-refractivity contribution in [1.82, 2.24) is 0 Å². The van der Waals surface area contributed by atoms with E-state index in [9.17, 15) is 10.2 Å². The van der Waals surface area contributed by atoms with Gasteiger partial charge < -0.3 is 20.7 Å². The van der Waals surface area contributed by atoms with E-state index in [0.29, 0.717) is 11.3 Å². The van der Waals surface area contributed by atoms with Crippen LogP contribution in [0.3, 0.4) is 0 Å². The van der Waals surface area contributed by atoms with Gasteiger partial charge in [0, 0.05) is 24.1 Å². The molecule has 0 aromatic heterocycles. The number of aromatic hydroxyl groups is 1. The van der Waals surface area contributed by atoms with Crippen molar-refractivity contribution in [3.63, 3.8) is 0 Å². The number of benzene rings is 1. The fourth-order valence-electron chi connectivity index (χ4n) is 1.91. The minimum absolute atomic E-state index is 0.0390. The molecule has 4 N–H and O–H groups in total. The molecule has 1 aromatic carbocycles. The molecule has 0 saturated heterocycles. The first-order valence-electron chi connectivity index (χ1n) is 5.13. The Bertz CT molecular complexity index is 422. The number of fused-ring (bicyclic) bond motifs is 1. The molecule has 0 bridgehead atoms. The van der Waals surface area contributed by atoms with Gasteiger partial charge in [0.25, 0.3) is 0 Å². The Hall–Kier alpha value is -0.970. The minimum atomic E-state index is -0.904. The average Bonchev–Trinajstić information content (AvgIpc) is 2.63. The van der Waals surface area contributed by atoms with Crippen LogP contribution < -0.4 is 10.5 Å². The van der Waals surface area contributed by atoms with E-state index >= 15 is 0 Å². The Kier molecular flexibility index (Phi) is 2.97. The standard InChI is InChI=1S/C11H14ClNO3/c1-5-2-6-3-7(8(14)4-13)10(15)9(12)11(6)16-5/h3,5,8,14-15H,2,4,13H2,1H3. The first kappa shape index (κ1) is 11.5. The summed E-state index contributed by atoms with van der Waals surface area (Å²) in [6, 6.07) is 1.71. The van der Waals surface area contributed by atoms with E-state index in [4.69, 9.17) is 22.1 Å². The summed E-state index contributed by atoms with van der Waals surface area (Å²) < 4.78 is 5.48. The van der Waals surface area contributed by atoms with Crippen LogP contribution in [0, 0.1) is 0 Å².